The second-order valence-corrected chi connectivity index (χ2v) is 4.28. The number of halogens is 1. The zero-order chi connectivity index (χ0) is 13.3. The van der Waals surface area contributed by atoms with Crippen molar-refractivity contribution < 1.29 is 9.21 Å². The van der Waals surface area contributed by atoms with Crippen molar-refractivity contribution in [1.29, 1.82) is 0 Å². The molecule has 2 aromatic heterocycles. The van der Waals surface area contributed by atoms with Gasteiger partial charge < -0.3 is 14.7 Å². The minimum absolute atomic E-state index is 0.00285. The molecule has 0 aliphatic heterocycles. The fourth-order valence-electron chi connectivity index (χ4n) is 1.37. The highest BCUT2D eigenvalue weighted by atomic mass is 79.9. The molecule has 7 nitrogen and oxygen atoms in total. The van der Waals surface area contributed by atoms with Gasteiger partial charge in [-0.2, -0.15) is 0 Å². The van der Waals surface area contributed by atoms with E-state index in [1.54, 1.807) is 0 Å². The first-order valence-corrected chi connectivity index (χ1v) is 5.65. The quantitative estimate of drug-likeness (QED) is 0.768. The Balaban J connectivity index is 2.33. The van der Waals surface area contributed by atoms with Gasteiger partial charge in [-0.1, -0.05) is 0 Å². The first kappa shape index (κ1) is 12.4. The molecule has 0 bridgehead atoms. The van der Waals surface area contributed by atoms with Crippen LogP contribution in [-0.4, -0.2) is 15.9 Å². The van der Waals surface area contributed by atoms with Gasteiger partial charge in [0.15, 0.2) is 4.67 Å². The van der Waals surface area contributed by atoms with Crippen LogP contribution in [-0.2, 0) is 0 Å². The van der Waals surface area contributed by atoms with E-state index < -0.39 is 17.2 Å². The van der Waals surface area contributed by atoms with Crippen LogP contribution in [0.25, 0.3) is 0 Å². The Morgan fingerprint density at radius 3 is 2.67 bits per heavy atom. The van der Waals surface area contributed by atoms with Gasteiger partial charge in [0.25, 0.3) is 11.5 Å². The first-order chi connectivity index (χ1) is 8.47. The maximum atomic E-state index is 11.8. The number of nitrogens with one attached hydrogen (secondary N) is 3. The van der Waals surface area contributed by atoms with Crippen LogP contribution in [0, 0.1) is 6.92 Å². The normalized spacial score (nSPS) is 10.3. The number of hydrogen-bond donors (Lipinski definition) is 3. The Hall–Kier alpha value is -2.09. The van der Waals surface area contributed by atoms with Crippen LogP contribution in [0.3, 0.4) is 0 Å². The summed E-state index contributed by atoms with van der Waals surface area (Å²) in [6.07, 6.45) is 1.24. The highest BCUT2D eigenvalue weighted by Gasteiger charge is 2.13. The lowest BCUT2D eigenvalue weighted by molar-refractivity contribution is 0.102. The van der Waals surface area contributed by atoms with Crippen molar-refractivity contribution in [3.8, 4) is 0 Å². The van der Waals surface area contributed by atoms with Crippen molar-refractivity contribution >= 4 is 27.5 Å². The lowest BCUT2D eigenvalue weighted by Gasteiger charge is -2.04. The van der Waals surface area contributed by atoms with E-state index in [2.05, 4.69) is 26.2 Å². The zero-order valence-corrected chi connectivity index (χ0v) is 10.8. The van der Waals surface area contributed by atoms with Crippen LogP contribution in [0.5, 0.6) is 0 Å². The maximum Gasteiger partial charge on any atom is 0.326 e. The summed E-state index contributed by atoms with van der Waals surface area (Å²) < 4.78 is 5.32. The Morgan fingerprint density at radius 2 is 2.11 bits per heavy atom. The summed E-state index contributed by atoms with van der Waals surface area (Å²) in [4.78, 5) is 38.7. The maximum absolute atomic E-state index is 11.8. The topological polar surface area (TPSA) is 108 Å². The molecule has 0 saturated carbocycles. The van der Waals surface area contributed by atoms with Crippen molar-refractivity contribution in [3.05, 3.63) is 49.1 Å². The van der Waals surface area contributed by atoms with Gasteiger partial charge in [0.1, 0.15) is 12.0 Å². The summed E-state index contributed by atoms with van der Waals surface area (Å²) in [5.74, 6) is -0.509. The highest BCUT2D eigenvalue weighted by molar-refractivity contribution is 9.10. The van der Waals surface area contributed by atoms with Gasteiger partial charge in [0.2, 0.25) is 0 Å². The summed E-state index contributed by atoms with van der Waals surface area (Å²) >= 11 is 3.06. The molecule has 94 valence electrons. The smallest absolute Gasteiger partial charge is 0.326 e. The molecular formula is C10H8BrN3O4. The fourth-order valence-corrected chi connectivity index (χ4v) is 1.71. The number of anilines is 1. The molecule has 3 N–H and O–H groups in total. The average Bonchev–Trinajstić information content (AvgIpc) is 2.70. The third-order valence-electron chi connectivity index (χ3n) is 2.20. The summed E-state index contributed by atoms with van der Waals surface area (Å²) in [5, 5.41) is 2.40. The van der Waals surface area contributed by atoms with Crippen molar-refractivity contribution in [2.45, 2.75) is 6.92 Å². The van der Waals surface area contributed by atoms with Crippen molar-refractivity contribution in [2.24, 2.45) is 0 Å². The molecule has 2 heterocycles. The van der Waals surface area contributed by atoms with E-state index in [4.69, 9.17) is 4.42 Å². The van der Waals surface area contributed by atoms with Crippen molar-refractivity contribution in [3.63, 3.8) is 0 Å². The molecule has 0 fully saturated rings. The van der Waals surface area contributed by atoms with E-state index in [0.717, 1.165) is 0 Å². The van der Waals surface area contributed by atoms with Crippen molar-refractivity contribution in [2.75, 3.05) is 5.32 Å². The second-order valence-electron chi connectivity index (χ2n) is 3.50. The molecule has 0 aliphatic carbocycles. The van der Waals surface area contributed by atoms with Crippen LogP contribution in [0.4, 0.5) is 5.69 Å². The molecule has 0 aliphatic rings. The number of furan rings is 1. The number of carbonyl (C=O) groups is 1. The van der Waals surface area contributed by atoms with Crippen LogP contribution in [0.15, 0.2) is 31.0 Å². The number of aryl methyl sites for hydroxylation is 1. The molecule has 2 rings (SSSR count). The summed E-state index contributed by atoms with van der Waals surface area (Å²) in [6.45, 7) is 1.51. The molecule has 18 heavy (non-hydrogen) atoms. The molecule has 0 atom stereocenters. The van der Waals surface area contributed by atoms with E-state index in [0.29, 0.717) is 4.67 Å². The minimum atomic E-state index is -0.660. The zero-order valence-electron chi connectivity index (χ0n) is 9.17. The summed E-state index contributed by atoms with van der Waals surface area (Å²) in [6, 6.07) is 1.46. The van der Waals surface area contributed by atoms with Crippen LogP contribution in [0.1, 0.15) is 16.1 Å². The van der Waals surface area contributed by atoms with Gasteiger partial charge in [-0.05, 0) is 22.9 Å². The molecule has 0 radical (unpaired) electrons. The van der Waals surface area contributed by atoms with Crippen LogP contribution < -0.4 is 16.6 Å². The predicted molar refractivity (Wildman–Crippen MR) is 66.8 cm³/mol. The number of hydrogen-bond acceptors (Lipinski definition) is 4. The fraction of sp³-hybridized carbons (Fsp3) is 0.100. The third-order valence-corrected chi connectivity index (χ3v) is 2.61. The van der Waals surface area contributed by atoms with E-state index in [1.165, 1.54) is 19.3 Å². The lowest BCUT2D eigenvalue weighted by atomic mass is 10.3. The van der Waals surface area contributed by atoms with Crippen molar-refractivity contribution in [1.82, 2.24) is 9.97 Å². The van der Waals surface area contributed by atoms with Gasteiger partial charge in [-0.15, -0.1) is 0 Å². The highest BCUT2D eigenvalue weighted by Crippen LogP contribution is 2.15. The van der Waals surface area contributed by atoms with E-state index in [9.17, 15) is 14.4 Å². The molecule has 1 amide bonds. The SMILES string of the molecule is Cc1[nH]c(=O)[nH]c(=O)c1NC(=O)c1coc(Br)c1. The number of carbonyl (C=O) groups excluding carboxylic acids is 1. The Kier molecular flexibility index (Phi) is 3.19. The van der Waals surface area contributed by atoms with E-state index in [1.807, 2.05) is 4.98 Å². The third kappa shape index (κ3) is 2.43. The van der Waals surface area contributed by atoms with E-state index >= 15 is 0 Å². The average molecular weight is 314 g/mol. The van der Waals surface area contributed by atoms with Gasteiger partial charge in [-0.25, -0.2) is 4.79 Å². The van der Waals surface area contributed by atoms with Crippen LogP contribution in [0.2, 0.25) is 0 Å². The molecule has 2 aromatic rings. The number of aromatic nitrogens is 2. The Labute approximate surface area is 108 Å². The van der Waals surface area contributed by atoms with Gasteiger partial charge in [0, 0.05) is 11.8 Å². The molecule has 0 aromatic carbocycles. The molecule has 8 heteroatoms. The lowest BCUT2D eigenvalue weighted by Crippen LogP contribution is -2.28. The van der Waals surface area contributed by atoms with Crippen LogP contribution >= 0.6 is 15.9 Å². The summed E-state index contributed by atoms with van der Waals surface area (Å²) in [5.41, 5.74) is -0.753. The van der Waals surface area contributed by atoms with E-state index in [-0.39, 0.29) is 16.9 Å². The number of H-pyrrole nitrogens is 2. The molecular weight excluding hydrogens is 306 g/mol. The minimum Gasteiger partial charge on any atom is -0.457 e. The number of amides is 1. The predicted octanol–water partition coefficient (Wildman–Crippen LogP) is 0.979. The molecule has 0 spiro atoms. The molecule has 0 unspecified atom stereocenters. The number of rotatable bonds is 2. The van der Waals surface area contributed by atoms with Gasteiger partial charge in [-0.3, -0.25) is 14.6 Å². The van der Waals surface area contributed by atoms with Gasteiger partial charge in [0.05, 0.1) is 5.56 Å². The standard InChI is InChI=1S/C10H8BrN3O4/c1-4-7(9(16)14-10(17)12-4)13-8(15)5-2-6(11)18-3-5/h2-3H,1H3,(H,13,15)(H2,12,14,16,17). The Morgan fingerprint density at radius 1 is 1.39 bits per heavy atom. The first-order valence-electron chi connectivity index (χ1n) is 4.86. The largest absolute Gasteiger partial charge is 0.457 e. The second kappa shape index (κ2) is 4.65. The molecule has 0 saturated heterocycles. The number of aromatic amines is 2. The Bertz CT molecular complexity index is 712. The van der Waals surface area contributed by atoms with Gasteiger partial charge >= 0.3 is 5.69 Å². The summed E-state index contributed by atoms with van der Waals surface area (Å²) in [7, 11) is 0. The monoisotopic (exact) mass is 313 g/mol.